The van der Waals surface area contributed by atoms with E-state index in [4.69, 9.17) is 9.47 Å². The van der Waals surface area contributed by atoms with Gasteiger partial charge in [0.1, 0.15) is 6.04 Å². The lowest BCUT2D eigenvalue weighted by Gasteiger charge is -2.41. The van der Waals surface area contributed by atoms with Gasteiger partial charge < -0.3 is 14.4 Å². The molecule has 6 heteroatoms. The average Bonchev–Trinajstić information content (AvgIpc) is 2.74. The highest BCUT2D eigenvalue weighted by Crippen LogP contribution is 2.33. The van der Waals surface area contributed by atoms with Crippen molar-refractivity contribution in [1.29, 1.82) is 0 Å². The molecule has 3 rings (SSSR count). The first-order valence-corrected chi connectivity index (χ1v) is 9.88. The molecule has 1 heterocycles. The van der Waals surface area contributed by atoms with Crippen LogP contribution in [0.3, 0.4) is 0 Å². The van der Waals surface area contributed by atoms with Crippen molar-refractivity contribution in [1.82, 2.24) is 14.7 Å². The third-order valence-electron chi connectivity index (χ3n) is 5.62. The number of likely N-dealkylation sites (N-methyl/N-ethyl adjacent to an activating group) is 2. The molecule has 1 amide bonds. The zero-order valence-corrected chi connectivity index (χ0v) is 18.0. The number of methoxy groups -OCH3 is 2. The number of nitrogens with zero attached hydrogens (tertiary/aromatic N) is 3. The van der Waals surface area contributed by atoms with Crippen molar-refractivity contribution in [3.05, 3.63) is 59.7 Å². The van der Waals surface area contributed by atoms with Crippen LogP contribution in [-0.2, 0) is 4.79 Å². The minimum absolute atomic E-state index is 0.103. The van der Waals surface area contributed by atoms with Crippen LogP contribution >= 0.6 is 0 Å². The highest BCUT2D eigenvalue weighted by Gasteiger charge is 2.33. The summed E-state index contributed by atoms with van der Waals surface area (Å²) in [5, 5.41) is 0. The molecule has 0 aromatic heterocycles. The van der Waals surface area contributed by atoms with Crippen LogP contribution in [0, 0.1) is 0 Å². The summed E-state index contributed by atoms with van der Waals surface area (Å²) in [4.78, 5) is 19.7. The molecule has 2 aromatic rings. The Bertz CT molecular complexity index is 825. The number of hydrogen-bond acceptors (Lipinski definition) is 5. The van der Waals surface area contributed by atoms with Crippen LogP contribution in [0.1, 0.15) is 23.2 Å². The third-order valence-corrected chi connectivity index (χ3v) is 5.62. The van der Waals surface area contributed by atoms with Crippen LogP contribution < -0.4 is 9.47 Å². The summed E-state index contributed by atoms with van der Waals surface area (Å²) >= 11 is 0. The molecule has 29 heavy (non-hydrogen) atoms. The van der Waals surface area contributed by atoms with Crippen molar-refractivity contribution in [2.45, 2.75) is 12.1 Å². The summed E-state index contributed by atoms with van der Waals surface area (Å²) in [5.74, 6) is 1.55. The van der Waals surface area contributed by atoms with Gasteiger partial charge in [-0.15, -0.1) is 0 Å². The number of carbonyl (C=O) groups excluding carboxylic acids is 1. The topological polar surface area (TPSA) is 45.2 Å². The molecule has 1 fully saturated rings. The van der Waals surface area contributed by atoms with E-state index in [0.717, 1.165) is 24.2 Å². The molecule has 1 saturated heterocycles. The van der Waals surface area contributed by atoms with Gasteiger partial charge in [0.25, 0.3) is 0 Å². The molecule has 0 bridgehead atoms. The van der Waals surface area contributed by atoms with Crippen molar-refractivity contribution in [3.8, 4) is 11.5 Å². The minimum Gasteiger partial charge on any atom is -0.493 e. The molecule has 2 atom stereocenters. The van der Waals surface area contributed by atoms with Gasteiger partial charge in [0.2, 0.25) is 5.91 Å². The Hall–Kier alpha value is -2.57. The summed E-state index contributed by atoms with van der Waals surface area (Å²) in [7, 11) is 9.29. The zero-order chi connectivity index (χ0) is 21.0. The zero-order valence-electron chi connectivity index (χ0n) is 18.0. The SMILES string of the molecule is COc1ccc(C2CN(C(=O)C(c3ccccc3)N(C)C)CCN2C)cc1OC. The molecular weight excluding hydrogens is 366 g/mol. The number of benzene rings is 2. The van der Waals surface area contributed by atoms with Crippen LogP contribution in [0.15, 0.2) is 48.5 Å². The highest BCUT2D eigenvalue weighted by atomic mass is 16.5. The summed E-state index contributed by atoms with van der Waals surface area (Å²) < 4.78 is 10.8. The van der Waals surface area contributed by atoms with E-state index in [1.165, 1.54) is 0 Å². The van der Waals surface area contributed by atoms with E-state index in [9.17, 15) is 4.79 Å². The van der Waals surface area contributed by atoms with Gasteiger partial charge in [0.05, 0.1) is 20.3 Å². The van der Waals surface area contributed by atoms with Crippen molar-refractivity contribution < 1.29 is 14.3 Å². The average molecular weight is 398 g/mol. The van der Waals surface area contributed by atoms with E-state index in [0.29, 0.717) is 18.0 Å². The lowest BCUT2D eigenvalue weighted by molar-refractivity contribution is -0.139. The van der Waals surface area contributed by atoms with Crippen LogP contribution in [0.2, 0.25) is 0 Å². The lowest BCUT2D eigenvalue weighted by Crippen LogP contribution is -2.51. The molecular formula is C23H31N3O3. The van der Waals surface area contributed by atoms with Gasteiger partial charge in [-0.05, 0) is 44.4 Å². The Morgan fingerprint density at radius 3 is 2.34 bits per heavy atom. The molecule has 0 N–H and O–H groups in total. The number of ether oxygens (including phenoxy) is 2. The fraction of sp³-hybridized carbons (Fsp3) is 0.435. The van der Waals surface area contributed by atoms with Crippen molar-refractivity contribution in [2.75, 3.05) is 55.0 Å². The molecule has 0 spiro atoms. The van der Waals surface area contributed by atoms with Gasteiger partial charge in [-0.25, -0.2) is 0 Å². The number of carbonyl (C=O) groups is 1. The quantitative estimate of drug-likeness (QED) is 0.750. The molecule has 2 aromatic carbocycles. The van der Waals surface area contributed by atoms with E-state index < -0.39 is 0 Å². The number of rotatable bonds is 6. The van der Waals surface area contributed by atoms with E-state index in [1.807, 2.05) is 66.4 Å². The minimum atomic E-state index is -0.286. The van der Waals surface area contributed by atoms with E-state index >= 15 is 0 Å². The molecule has 0 saturated carbocycles. The maximum Gasteiger partial charge on any atom is 0.244 e. The fourth-order valence-corrected chi connectivity index (χ4v) is 3.96. The number of piperazine rings is 1. The Morgan fingerprint density at radius 1 is 1.03 bits per heavy atom. The maximum absolute atomic E-state index is 13.5. The van der Waals surface area contributed by atoms with Crippen LogP contribution in [-0.4, -0.2) is 75.6 Å². The molecule has 2 unspecified atom stereocenters. The van der Waals surface area contributed by atoms with Gasteiger partial charge in [-0.2, -0.15) is 0 Å². The van der Waals surface area contributed by atoms with Crippen LogP contribution in [0.25, 0.3) is 0 Å². The van der Waals surface area contributed by atoms with Crippen molar-refractivity contribution in [3.63, 3.8) is 0 Å². The van der Waals surface area contributed by atoms with Gasteiger partial charge in [0.15, 0.2) is 11.5 Å². The lowest BCUT2D eigenvalue weighted by atomic mass is 10.00. The first kappa shape index (κ1) is 21.1. The smallest absolute Gasteiger partial charge is 0.244 e. The second-order valence-electron chi connectivity index (χ2n) is 7.67. The number of amides is 1. The second kappa shape index (κ2) is 9.29. The third kappa shape index (κ3) is 4.54. The van der Waals surface area contributed by atoms with Crippen LogP contribution in [0.4, 0.5) is 0 Å². The van der Waals surface area contributed by atoms with Crippen molar-refractivity contribution in [2.24, 2.45) is 0 Å². The summed E-state index contributed by atoms with van der Waals surface area (Å²) in [5.41, 5.74) is 2.13. The van der Waals surface area contributed by atoms with Gasteiger partial charge in [-0.3, -0.25) is 14.6 Å². The Labute approximate surface area is 173 Å². The number of hydrogen-bond donors (Lipinski definition) is 0. The van der Waals surface area contributed by atoms with E-state index in [1.54, 1.807) is 14.2 Å². The van der Waals surface area contributed by atoms with Crippen LogP contribution in [0.5, 0.6) is 11.5 Å². The molecule has 156 valence electrons. The summed E-state index contributed by atoms with van der Waals surface area (Å²) in [6.45, 7) is 2.18. The first-order chi connectivity index (χ1) is 14.0. The van der Waals surface area contributed by atoms with E-state index in [-0.39, 0.29) is 18.0 Å². The van der Waals surface area contributed by atoms with Gasteiger partial charge >= 0.3 is 0 Å². The van der Waals surface area contributed by atoms with E-state index in [2.05, 4.69) is 18.0 Å². The predicted molar refractivity (Wildman–Crippen MR) is 114 cm³/mol. The summed E-state index contributed by atoms with van der Waals surface area (Å²) in [6.07, 6.45) is 0. The Kier molecular flexibility index (Phi) is 6.77. The summed E-state index contributed by atoms with van der Waals surface area (Å²) in [6, 6.07) is 15.8. The maximum atomic E-state index is 13.5. The molecule has 1 aliphatic rings. The fourth-order valence-electron chi connectivity index (χ4n) is 3.96. The van der Waals surface area contributed by atoms with Gasteiger partial charge in [0, 0.05) is 19.6 Å². The molecule has 6 nitrogen and oxygen atoms in total. The predicted octanol–water partition coefficient (Wildman–Crippen LogP) is 2.82. The molecule has 0 aliphatic carbocycles. The Balaban J connectivity index is 1.84. The monoisotopic (exact) mass is 397 g/mol. The normalized spacial score (nSPS) is 18.6. The molecule has 0 radical (unpaired) electrons. The van der Waals surface area contributed by atoms with Gasteiger partial charge in [-0.1, -0.05) is 36.4 Å². The second-order valence-corrected chi connectivity index (χ2v) is 7.67. The molecule has 1 aliphatic heterocycles. The first-order valence-electron chi connectivity index (χ1n) is 9.88. The van der Waals surface area contributed by atoms with Crippen molar-refractivity contribution >= 4 is 5.91 Å². The highest BCUT2D eigenvalue weighted by molar-refractivity contribution is 5.83. The Morgan fingerprint density at radius 2 is 1.72 bits per heavy atom. The largest absolute Gasteiger partial charge is 0.493 e. The standard InChI is InChI=1S/C23H31N3O3/c1-24(2)22(17-9-7-6-8-10-17)23(27)26-14-13-25(3)19(16-26)18-11-12-20(28-4)21(15-18)29-5/h6-12,15,19,22H,13-14,16H2,1-5H3.